The number of amidine groups is 1. The number of hydrogen-bond donors (Lipinski definition) is 1. The summed E-state index contributed by atoms with van der Waals surface area (Å²) in [5.41, 5.74) is 4.65. The van der Waals surface area contributed by atoms with Gasteiger partial charge in [0, 0.05) is 17.1 Å². The number of nitrogens with zero attached hydrogens (tertiary/aromatic N) is 2. The molecule has 0 spiro atoms. The van der Waals surface area contributed by atoms with Crippen LogP contribution in [0.2, 0.25) is 0 Å². The first-order valence-electron chi connectivity index (χ1n) is 10.3. The Morgan fingerprint density at radius 1 is 1.00 bits per heavy atom. The Morgan fingerprint density at radius 2 is 1.74 bits per heavy atom. The molecule has 1 N–H and O–H groups in total. The summed E-state index contributed by atoms with van der Waals surface area (Å²) >= 11 is 1.29. The molecule has 0 aliphatic carbocycles. The van der Waals surface area contributed by atoms with E-state index in [0.717, 1.165) is 27.6 Å². The Bertz CT molecular complexity index is 1430. The Labute approximate surface area is 222 Å². The number of aliphatic imine (C=N–C) groups is 1. The van der Waals surface area contributed by atoms with E-state index in [-0.39, 0.29) is 42.0 Å². The smallest absolute Gasteiger partial charge is 0.548 e. The molecule has 1 saturated heterocycles. The van der Waals surface area contributed by atoms with Crippen LogP contribution in [0.4, 0.5) is 5.69 Å². The summed E-state index contributed by atoms with van der Waals surface area (Å²) in [6.07, 6.45) is 3.55. The first-order valence-corrected chi connectivity index (χ1v) is 11.1. The molecular formula is C26H18N3NaO3S. The molecule has 5 rings (SSSR count). The maximum atomic E-state index is 12.4. The second-order valence-electron chi connectivity index (χ2n) is 7.53. The molecule has 1 amide bonds. The van der Waals surface area contributed by atoms with E-state index in [1.54, 1.807) is 16.8 Å². The Kier molecular flexibility index (Phi) is 7.38. The Balaban J connectivity index is 0.00000274. The van der Waals surface area contributed by atoms with Crippen molar-refractivity contribution in [2.24, 2.45) is 4.99 Å². The van der Waals surface area contributed by atoms with Gasteiger partial charge in [-0.05, 0) is 58.8 Å². The fourth-order valence-corrected chi connectivity index (χ4v) is 4.53. The van der Waals surface area contributed by atoms with Gasteiger partial charge in [0.1, 0.15) is 0 Å². The Morgan fingerprint density at radius 3 is 2.47 bits per heavy atom. The minimum atomic E-state index is -1.14. The summed E-state index contributed by atoms with van der Waals surface area (Å²) in [6.45, 7) is -0.205. The number of carboxylic acid groups (broad SMARTS) is 1. The number of carbonyl (C=O) groups is 2. The fourth-order valence-electron chi connectivity index (χ4n) is 3.69. The van der Waals surface area contributed by atoms with Gasteiger partial charge in [-0.3, -0.25) is 4.79 Å². The van der Waals surface area contributed by atoms with E-state index in [4.69, 9.17) is 0 Å². The Hall–Kier alpha value is -3.10. The minimum absolute atomic E-state index is 0. The number of nitrogens with one attached hydrogen (secondary N) is 1. The van der Waals surface area contributed by atoms with Crippen molar-refractivity contribution in [3.8, 4) is 11.1 Å². The number of carbonyl (C=O) groups excluding carboxylic acids is 2. The average Bonchev–Trinajstić information content (AvgIpc) is 3.36. The molecule has 6 nitrogen and oxygen atoms in total. The molecular weight excluding hydrogens is 457 g/mol. The van der Waals surface area contributed by atoms with Crippen LogP contribution in [0.3, 0.4) is 0 Å². The van der Waals surface area contributed by atoms with E-state index in [1.807, 2.05) is 66.7 Å². The summed E-state index contributed by atoms with van der Waals surface area (Å²) in [4.78, 5) is 28.4. The van der Waals surface area contributed by atoms with Crippen LogP contribution in [0.1, 0.15) is 5.56 Å². The number of thioether (sulfide) groups is 1. The van der Waals surface area contributed by atoms with Crippen molar-refractivity contribution in [1.29, 1.82) is 0 Å². The summed E-state index contributed by atoms with van der Waals surface area (Å²) in [7, 11) is 0. The molecule has 0 radical (unpaired) electrons. The molecule has 0 bridgehead atoms. The van der Waals surface area contributed by atoms with E-state index in [0.29, 0.717) is 15.8 Å². The first-order chi connectivity index (χ1) is 16.0. The molecule has 1 fully saturated rings. The van der Waals surface area contributed by atoms with E-state index in [2.05, 4.69) is 22.4 Å². The molecule has 3 aromatic carbocycles. The number of aliphatic carboxylic acids is 1. The van der Waals surface area contributed by atoms with Crippen LogP contribution >= 0.6 is 11.8 Å². The number of rotatable bonds is 5. The van der Waals surface area contributed by atoms with Crippen LogP contribution in [0.25, 0.3) is 28.1 Å². The molecule has 162 valence electrons. The summed E-state index contributed by atoms with van der Waals surface area (Å²) < 4.78 is 1.61. The monoisotopic (exact) mass is 475 g/mol. The third kappa shape index (κ3) is 5.34. The second-order valence-corrected chi connectivity index (χ2v) is 8.56. The van der Waals surface area contributed by atoms with E-state index in [1.165, 1.54) is 11.8 Å². The van der Waals surface area contributed by atoms with Gasteiger partial charge in [-0.2, -0.15) is 0 Å². The van der Waals surface area contributed by atoms with Crippen LogP contribution in [0.5, 0.6) is 0 Å². The van der Waals surface area contributed by atoms with Crippen molar-refractivity contribution in [2.45, 2.75) is 6.54 Å². The average molecular weight is 476 g/mol. The molecule has 4 aromatic rings. The zero-order valence-electron chi connectivity index (χ0n) is 18.4. The quantitative estimate of drug-likeness (QED) is 0.344. The van der Waals surface area contributed by atoms with E-state index < -0.39 is 5.97 Å². The first kappa shape index (κ1) is 24.0. The predicted molar refractivity (Wildman–Crippen MR) is 130 cm³/mol. The SMILES string of the molecule is O=C([O-])Cn1ccc2cc(N=C3NC(=O)C(=Cc4ccc(-c5ccccc5)cc4)S3)ccc21.[Na+]. The van der Waals surface area contributed by atoms with Gasteiger partial charge in [-0.1, -0.05) is 54.6 Å². The number of benzene rings is 3. The van der Waals surface area contributed by atoms with E-state index >= 15 is 0 Å². The number of fused-ring (bicyclic) bond motifs is 1. The van der Waals surface area contributed by atoms with Gasteiger partial charge in [0.25, 0.3) is 5.91 Å². The summed E-state index contributed by atoms with van der Waals surface area (Å²) in [5, 5.41) is 15.0. The number of hydrogen-bond acceptors (Lipinski definition) is 5. The molecule has 34 heavy (non-hydrogen) atoms. The van der Waals surface area contributed by atoms with Crippen molar-refractivity contribution in [2.75, 3.05) is 0 Å². The largest absolute Gasteiger partial charge is 1.00 e. The van der Waals surface area contributed by atoms with Crippen LogP contribution in [-0.4, -0.2) is 21.6 Å². The molecule has 0 unspecified atom stereocenters. The van der Waals surface area contributed by atoms with Gasteiger partial charge in [-0.15, -0.1) is 0 Å². The van der Waals surface area contributed by atoms with Gasteiger partial charge >= 0.3 is 29.6 Å². The molecule has 0 saturated carbocycles. The molecule has 1 aliphatic rings. The summed E-state index contributed by atoms with van der Waals surface area (Å²) in [5.74, 6) is -1.33. The molecule has 8 heteroatoms. The van der Waals surface area contributed by atoms with Crippen LogP contribution in [-0.2, 0) is 16.1 Å². The second kappa shape index (κ2) is 10.4. The standard InChI is InChI=1S/C26H19N3O3S.Na/c30-24(31)16-29-13-12-20-15-21(10-11-22(20)29)27-26-28-25(32)23(33-26)14-17-6-8-19(9-7-17)18-4-2-1-3-5-18;/h1-15H,16H2,(H,30,31)(H,27,28,32);/q;+1/p-1. The normalized spacial score (nSPS) is 15.5. The maximum Gasteiger partial charge on any atom is 1.00 e. The van der Waals surface area contributed by atoms with Crippen LogP contribution in [0.15, 0.2) is 95.0 Å². The van der Waals surface area contributed by atoms with Gasteiger partial charge < -0.3 is 19.8 Å². The molecule has 1 aliphatic heterocycles. The van der Waals surface area contributed by atoms with Crippen LogP contribution < -0.4 is 40.0 Å². The number of amides is 1. The van der Waals surface area contributed by atoms with Crippen molar-refractivity contribution in [3.63, 3.8) is 0 Å². The third-order valence-corrected chi connectivity index (χ3v) is 6.16. The van der Waals surface area contributed by atoms with Crippen LogP contribution in [0, 0.1) is 0 Å². The third-order valence-electron chi connectivity index (χ3n) is 5.25. The molecule has 0 atom stereocenters. The molecule has 2 heterocycles. The fraction of sp³-hybridized carbons (Fsp3) is 0.0385. The van der Waals surface area contributed by atoms with Gasteiger partial charge in [0.05, 0.1) is 23.1 Å². The van der Waals surface area contributed by atoms with Gasteiger partial charge in [0.15, 0.2) is 5.17 Å². The number of carboxylic acids is 1. The van der Waals surface area contributed by atoms with Gasteiger partial charge in [-0.25, -0.2) is 4.99 Å². The zero-order valence-corrected chi connectivity index (χ0v) is 21.2. The van der Waals surface area contributed by atoms with Crippen molar-refractivity contribution in [3.05, 3.63) is 95.5 Å². The molecule has 1 aromatic heterocycles. The number of aromatic nitrogens is 1. The van der Waals surface area contributed by atoms with Crippen molar-refractivity contribution >= 4 is 51.5 Å². The predicted octanol–water partition coefficient (Wildman–Crippen LogP) is 0.954. The van der Waals surface area contributed by atoms with Crippen molar-refractivity contribution < 1.29 is 44.3 Å². The summed E-state index contributed by atoms with van der Waals surface area (Å²) in [6, 6.07) is 25.5. The topological polar surface area (TPSA) is 86.5 Å². The van der Waals surface area contributed by atoms with E-state index in [9.17, 15) is 14.7 Å². The zero-order chi connectivity index (χ0) is 22.8. The van der Waals surface area contributed by atoms with Gasteiger partial charge in [0.2, 0.25) is 0 Å². The van der Waals surface area contributed by atoms with Crippen molar-refractivity contribution in [1.82, 2.24) is 9.88 Å². The maximum absolute atomic E-state index is 12.4. The minimum Gasteiger partial charge on any atom is -0.548 e.